The van der Waals surface area contributed by atoms with Crippen LogP contribution < -0.4 is 5.32 Å². The van der Waals surface area contributed by atoms with Crippen molar-refractivity contribution in [3.8, 4) is 0 Å². The predicted molar refractivity (Wildman–Crippen MR) is 64.8 cm³/mol. The number of halogens is 3. The molecular formula is C11H9F3N2O4S. The molecule has 2 rings (SSSR count). The minimum atomic E-state index is -4.92. The molecule has 1 fully saturated rings. The van der Waals surface area contributed by atoms with Crippen LogP contribution in [-0.4, -0.2) is 39.6 Å². The largest absolute Gasteiger partial charge is 0.477 e. The predicted octanol–water partition coefficient (Wildman–Crippen LogP) is 1.82. The number of rotatable bonds is 3. The molecule has 0 radical (unpaired) electrons. The molecule has 1 aliphatic heterocycles. The maximum absolute atomic E-state index is 12.9. The lowest BCUT2D eigenvalue weighted by atomic mass is 10.0. The van der Waals surface area contributed by atoms with E-state index in [0.29, 0.717) is 16.7 Å². The van der Waals surface area contributed by atoms with Crippen LogP contribution in [0.4, 0.5) is 18.0 Å². The molecule has 0 bridgehead atoms. The van der Waals surface area contributed by atoms with Gasteiger partial charge in [0.05, 0.1) is 6.54 Å². The van der Waals surface area contributed by atoms with E-state index < -0.39 is 36.2 Å². The van der Waals surface area contributed by atoms with Gasteiger partial charge in [0.15, 0.2) is 0 Å². The van der Waals surface area contributed by atoms with E-state index >= 15 is 0 Å². The Kier molecular flexibility index (Phi) is 3.44. The van der Waals surface area contributed by atoms with E-state index in [4.69, 9.17) is 5.11 Å². The van der Waals surface area contributed by atoms with Crippen molar-refractivity contribution in [3.05, 3.63) is 21.9 Å². The van der Waals surface area contributed by atoms with Gasteiger partial charge in [-0.05, 0) is 19.1 Å². The van der Waals surface area contributed by atoms with E-state index in [1.54, 1.807) is 5.32 Å². The van der Waals surface area contributed by atoms with E-state index in [9.17, 15) is 27.6 Å². The van der Waals surface area contributed by atoms with E-state index in [-0.39, 0.29) is 4.88 Å². The van der Waals surface area contributed by atoms with Gasteiger partial charge >= 0.3 is 18.2 Å². The molecule has 1 aromatic heterocycles. The van der Waals surface area contributed by atoms with E-state index in [1.807, 2.05) is 0 Å². The number of thiophene rings is 1. The number of carboxylic acids is 1. The monoisotopic (exact) mass is 322 g/mol. The summed E-state index contributed by atoms with van der Waals surface area (Å²) in [5.41, 5.74) is -2.96. The number of carbonyl (C=O) groups excluding carboxylic acids is 2. The van der Waals surface area contributed by atoms with Crippen LogP contribution in [0.1, 0.15) is 21.5 Å². The van der Waals surface area contributed by atoms with Crippen LogP contribution in [0.25, 0.3) is 0 Å². The van der Waals surface area contributed by atoms with Gasteiger partial charge in [0.2, 0.25) is 5.54 Å². The van der Waals surface area contributed by atoms with Crippen LogP contribution in [0.2, 0.25) is 0 Å². The zero-order chi connectivity index (χ0) is 16.0. The van der Waals surface area contributed by atoms with Crippen molar-refractivity contribution in [2.75, 3.05) is 0 Å². The third-order valence-electron chi connectivity index (χ3n) is 3.03. The van der Waals surface area contributed by atoms with Crippen LogP contribution in [0.3, 0.4) is 0 Å². The van der Waals surface area contributed by atoms with Gasteiger partial charge in [0, 0.05) is 4.88 Å². The highest BCUT2D eigenvalue weighted by Crippen LogP contribution is 2.36. The SMILES string of the molecule is CC1(C(F)(F)F)NC(=O)N(Cc2ccc(C(=O)O)s2)C1=O. The van der Waals surface area contributed by atoms with Crippen molar-refractivity contribution >= 4 is 29.2 Å². The molecule has 10 heteroatoms. The first-order valence-corrected chi connectivity index (χ1v) is 6.41. The summed E-state index contributed by atoms with van der Waals surface area (Å²) in [4.78, 5) is 34.8. The highest BCUT2D eigenvalue weighted by molar-refractivity contribution is 7.13. The van der Waals surface area contributed by atoms with Crippen molar-refractivity contribution in [1.29, 1.82) is 0 Å². The van der Waals surface area contributed by atoms with Crippen LogP contribution in [0, 0.1) is 0 Å². The zero-order valence-corrected chi connectivity index (χ0v) is 11.3. The molecule has 0 saturated carbocycles. The van der Waals surface area contributed by atoms with E-state index in [0.717, 1.165) is 11.3 Å². The number of amides is 3. The van der Waals surface area contributed by atoms with Crippen molar-refractivity contribution in [2.24, 2.45) is 0 Å². The quantitative estimate of drug-likeness (QED) is 0.831. The summed E-state index contributed by atoms with van der Waals surface area (Å²) in [5.74, 6) is -2.60. The van der Waals surface area contributed by atoms with Crippen LogP contribution in [-0.2, 0) is 11.3 Å². The third kappa shape index (κ3) is 2.46. The normalized spacial score (nSPS) is 22.6. The molecule has 0 aromatic carbocycles. The number of alkyl halides is 3. The minimum Gasteiger partial charge on any atom is -0.477 e. The van der Waals surface area contributed by atoms with Gasteiger partial charge in [-0.15, -0.1) is 11.3 Å². The van der Waals surface area contributed by atoms with Crippen molar-refractivity contribution in [2.45, 2.75) is 25.2 Å². The number of hydrogen-bond acceptors (Lipinski definition) is 4. The lowest BCUT2D eigenvalue weighted by Crippen LogP contribution is -2.56. The highest BCUT2D eigenvalue weighted by atomic mass is 32.1. The number of urea groups is 1. The molecule has 1 saturated heterocycles. The van der Waals surface area contributed by atoms with Crippen LogP contribution in [0.15, 0.2) is 12.1 Å². The summed E-state index contributed by atoms with van der Waals surface area (Å²) in [6, 6.07) is 1.44. The second kappa shape index (κ2) is 4.72. The molecule has 0 spiro atoms. The summed E-state index contributed by atoms with van der Waals surface area (Å²) in [5, 5.41) is 10.4. The third-order valence-corrected chi connectivity index (χ3v) is 4.09. The first-order chi connectivity index (χ1) is 9.56. The van der Waals surface area contributed by atoms with E-state index in [2.05, 4.69) is 0 Å². The van der Waals surface area contributed by atoms with Crippen LogP contribution >= 0.6 is 11.3 Å². The van der Waals surface area contributed by atoms with Crippen molar-refractivity contribution in [1.82, 2.24) is 10.2 Å². The number of carboxylic acid groups (broad SMARTS) is 1. The van der Waals surface area contributed by atoms with Gasteiger partial charge in [-0.2, -0.15) is 13.2 Å². The Morgan fingerprint density at radius 2 is 2.05 bits per heavy atom. The van der Waals surface area contributed by atoms with Gasteiger partial charge in [0.1, 0.15) is 4.88 Å². The fraction of sp³-hybridized carbons (Fsp3) is 0.364. The number of imide groups is 1. The first kappa shape index (κ1) is 15.3. The molecule has 1 aliphatic rings. The van der Waals surface area contributed by atoms with Gasteiger partial charge in [-0.3, -0.25) is 9.69 Å². The highest BCUT2D eigenvalue weighted by Gasteiger charge is 2.64. The standard InChI is InChI=1S/C11H9F3N2O4S/c1-10(11(12,13)14)8(19)16(9(20)15-10)4-5-2-3-6(21-5)7(17)18/h2-3H,4H2,1H3,(H,15,20)(H,17,18). The van der Waals surface area contributed by atoms with Gasteiger partial charge in [-0.1, -0.05) is 0 Å². The Morgan fingerprint density at radius 3 is 2.48 bits per heavy atom. The number of aromatic carboxylic acids is 1. The molecule has 21 heavy (non-hydrogen) atoms. The average Bonchev–Trinajstić information content (AvgIpc) is 2.89. The maximum atomic E-state index is 12.9. The van der Waals surface area contributed by atoms with Gasteiger partial charge < -0.3 is 10.4 Å². The smallest absolute Gasteiger partial charge is 0.420 e. The summed E-state index contributed by atoms with van der Waals surface area (Å²) in [6.45, 7) is 0.179. The fourth-order valence-corrected chi connectivity index (χ4v) is 2.60. The second-order valence-electron chi connectivity index (χ2n) is 4.52. The lowest BCUT2D eigenvalue weighted by Gasteiger charge is -2.24. The Bertz CT molecular complexity index is 627. The Hall–Kier alpha value is -2.10. The van der Waals surface area contributed by atoms with Crippen molar-refractivity contribution < 1.29 is 32.7 Å². The van der Waals surface area contributed by atoms with Gasteiger partial charge in [0.25, 0.3) is 5.91 Å². The minimum absolute atomic E-state index is 0.0318. The maximum Gasteiger partial charge on any atom is 0.420 e. The Balaban J connectivity index is 2.23. The van der Waals surface area contributed by atoms with Crippen molar-refractivity contribution in [3.63, 3.8) is 0 Å². The first-order valence-electron chi connectivity index (χ1n) is 5.59. The number of hydrogen-bond donors (Lipinski definition) is 2. The van der Waals surface area contributed by atoms with E-state index in [1.165, 1.54) is 12.1 Å². The Labute approximate surface area is 120 Å². The average molecular weight is 322 g/mol. The molecule has 114 valence electrons. The molecule has 1 atom stereocenters. The second-order valence-corrected chi connectivity index (χ2v) is 5.68. The zero-order valence-electron chi connectivity index (χ0n) is 10.5. The van der Waals surface area contributed by atoms with Crippen LogP contribution in [0.5, 0.6) is 0 Å². The summed E-state index contributed by atoms with van der Waals surface area (Å²) >= 11 is 0.785. The fourth-order valence-electron chi connectivity index (χ4n) is 1.77. The molecule has 6 nitrogen and oxygen atoms in total. The molecule has 2 heterocycles. The number of carbonyl (C=O) groups is 3. The lowest BCUT2D eigenvalue weighted by molar-refractivity contribution is -0.191. The molecular weight excluding hydrogens is 313 g/mol. The van der Waals surface area contributed by atoms with Gasteiger partial charge in [-0.25, -0.2) is 9.59 Å². The summed E-state index contributed by atoms with van der Waals surface area (Å²) < 4.78 is 38.6. The topological polar surface area (TPSA) is 86.7 Å². The molecule has 2 N–H and O–H groups in total. The Morgan fingerprint density at radius 1 is 1.43 bits per heavy atom. The molecule has 1 unspecified atom stereocenters. The number of nitrogens with one attached hydrogen (secondary N) is 1. The molecule has 3 amide bonds. The molecule has 1 aromatic rings. The summed E-state index contributed by atoms with van der Waals surface area (Å²) in [6.07, 6.45) is -4.92. The number of nitrogens with zero attached hydrogens (tertiary/aromatic N) is 1. The summed E-state index contributed by atoms with van der Waals surface area (Å²) in [7, 11) is 0. The molecule has 0 aliphatic carbocycles.